The third kappa shape index (κ3) is 2.95. The summed E-state index contributed by atoms with van der Waals surface area (Å²) in [5.41, 5.74) is 4.30. The molecule has 0 saturated carbocycles. The lowest BCUT2D eigenvalue weighted by atomic mass is 10.1. The monoisotopic (exact) mass is 341 g/mol. The smallest absolute Gasteiger partial charge is 0.240 e. The zero-order valence-corrected chi connectivity index (χ0v) is 14.1. The van der Waals surface area contributed by atoms with Crippen LogP contribution in [0, 0.1) is 0 Å². The second kappa shape index (κ2) is 6.03. The van der Waals surface area contributed by atoms with E-state index < -0.39 is 10.0 Å². The molecule has 0 saturated heterocycles. The molecular weight excluding hydrogens is 322 g/mol. The Morgan fingerprint density at radius 1 is 1.08 bits per heavy atom. The summed E-state index contributed by atoms with van der Waals surface area (Å²) in [5, 5.41) is 0. The summed E-state index contributed by atoms with van der Waals surface area (Å²) < 4.78 is 27.6. The van der Waals surface area contributed by atoms with Gasteiger partial charge in [-0.2, -0.15) is 0 Å². The highest BCUT2D eigenvalue weighted by Gasteiger charge is 2.18. The Kier molecular flexibility index (Phi) is 3.86. The van der Waals surface area contributed by atoms with E-state index in [4.69, 9.17) is 0 Å². The average molecular weight is 341 g/mol. The second-order valence-electron chi connectivity index (χ2n) is 6.13. The molecule has 0 amide bonds. The lowest BCUT2D eigenvalue weighted by molar-refractivity contribution is 0.581. The number of para-hydroxylation sites is 2. The third-order valence-corrected chi connectivity index (χ3v) is 5.93. The van der Waals surface area contributed by atoms with Gasteiger partial charge >= 0.3 is 0 Å². The van der Waals surface area contributed by atoms with E-state index in [-0.39, 0.29) is 0 Å². The Labute approximate surface area is 141 Å². The zero-order valence-electron chi connectivity index (χ0n) is 13.2. The van der Waals surface area contributed by atoms with Crippen LogP contribution in [0.15, 0.2) is 47.4 Å². The van der Waals surface area contributed by atoms with E-state index in [9.17, 15) is 8.42 Å². The molecule has 5 nitrogen and oxygen atoms in total. The number of benzene rings is 2. The van der Waals surface area contributed by atoms with Crippen molar-refractivity contribution in [2.75, 3.05) is 6.54 Å². The van der Waals surface area contributed by atoms with Crippen molar-refractivity contribution in [3.8, 4) is 0 Å². The zero-order chi connectivity index (χ0) is 16.6. The molecule has 0 atom stereocenters. The van der Waals surface area contributed by atoms with E-state index >= 15 is 0 Å². The van der Waals surface area contributed by atoms with E-state index in [0.29, 0.717) is 17.9 Å². The summed E-state index contributed by atoms with van der Waals surface area (Å²) in [6.07, 6.45) is 3.66. The molecule has 0 fully saturated rings. The third-order valence-electron chi connectivity index (χ3n) is 4.47. The van der Waals surface area contributed by atoms with Gasteiger partial charge in [-0.05, 0) is 54.7 Å². The van der Waals surface area contributed by atoms with Gasteiger partial charge in [-0.25, -0.2) is 18.1 Å². The minimum Gasteiger partial charge on any atom is -0.342 e. The van der Waals surface area contributed by atoms with Gasteiger partial charge in [-0.1, -0.05) is 18.2 Å². The Morgan fingerprint density at radius 2 is 1.92 bits per heavy atom. The number of fused-ring (bicyclic) bond motifs is 2. The predicted octanol–water partition coefficient (Wildman–Crippen LogP) is 2.57. The molecule has 6 heteroatoms. The molecular formula is C18H19N3O2S. The summed E-state index contributed by atoms with van der Waals surface area (Å²) in [6, 6.07) is 13.2. The first-order valence-corrected chi connectivity index (χ1v) is 9.65. The highest BCUT2D eigenvalue weighted by molar-refractivity contribution is 7.89. The number of nitrogens with zero attached hydrogens (tertiary/aromatic N) is 1. The Balaban J connectivity index is 1.44. The SMILES string of the molecule is O=S(=O)(NCCc1nc2ccccc2[nH]1)c1ccc2c(c1)CCC2. The maximum atomic E-state index is 12.5. The maximum Gasteiger partial charge on any atom is 0.240 e. The van der Waals surface area contributed by atoms with Gasteiger partial charge in [0.2, 0.25) is 10.0 Å². The maximum absolute atomic E-state index is 12.5. The highest BCUT2D eigenvalue weighted by Crippen LogP contribution is 2.24. The summed E-state index contributed by atoms with van der Waals surface area (Å²) in [7, 11) is -3.47. The van der Waals surface area contributed by atoms with Gasteiger partial charge in [0.25, 0.3) is 0 Å². The molecule has 0 bridgehead atoms. The second-order valence-corrected chi connectivity index (χ2v) is 7.90. The van der Waals surface area contributed by atoms with Gasteiger partial charge < -0.3 is 4.98 Å². The van der Waals surface area contributed by atoms with E-state index in [2.05, 4.69) is 14.7 Å². The van der Waals surface area contributed by atoms with Gasteiger partial charge in [-0.15, -0.1) is 0 Å². The number of rotatable bonds is 5. The fraction of sp³-hybridized carbons (Fsp3) is 0.278. The molecule has 2 N–H and O–H groups in total. The van der Waals surface area contributed by atoms with Crippen LogP contribution in [0.5, 0.6) is 0 Å². The quantitative estimate of drug-likeness (QED) is 0.749. The summed E-state index contributed by atoms with van der Waals surface area (Å²) in [4.78, 5) is 8.03. The van der Waals surface area contributed by atoms with Crippen LogP contribution >= 0.6 is 0 Å². The van der Waals surface area contributed by atoms with Gasteiger partial charge in [-0.3, -0.25) is 0 Å². The molecule has 0 unspecified atom stereocenters. The van der Waals surface area contributed by atoms with Crippen LogP contribution in [0.3, 0.4) is 0 Å². The van der Waals surface area contributed by atoms with Crippen LogP contribution in [0.2, 0.25) is 0 Å². The number of aromatic amines is 1. The van der Waals surface area contributed by atoms with Crippen LogP contribution in [-0.4, -0.2) is 24.9 Å². The molecule has 1 aromatic heterocycles. The van der Waals surface area contributed by atoms with E-state index in [1.807, 2.05) is 36.4 Å². The molecule has 1 aliphatic carbocycles. The Bertz CT molecular complexity index is 959. The predicted molar refractivity (Wildman–Crippen MR) is 93.5 cm³/mol. The first-order chi connectivity index (χ1) is 11.6. The number of aryl methyl sites for hydroxylation is 2. The molecule has 124 valence electrons. The molecule has 0 radical (unpaired) electrons. The lowest BCUT2D eigenvalue weighted by Gasteiger charge is -2.08. The number of imidazole rings is 1. The standard InChI is InChI=1S/C18H19N3O2S/c22-24(23,15-9-8-13-4-3-5-14(13)12-15)19-11-10-18-20-16-6-1-2-7-17(16)21-18/h1-2,6-9,12,19H,3-5,10-11H2,(H,20,21). The number of H-pyrrole nitrogens is 1. The summed E-state index contributed by atoms with van der Waals surface area (Å²) in [6.45, 7) is 0.319. The number of hydrogen-bond donors (Lipinski definition) is 2. The molecule has 3 aromatic rings. The lowest BCUT2D eigenvalue weighted by Crippen LogP contribution is -2.26. The molecule has 2 aromatic carbocycles. The van der Waals surface area contributed by atoms with Crippen LogP contribution < -0.4 is 4.72 Å². The van der Waals surface area contributed by atoms with Crippen molar-refractivity contribution in [1.82, 2.24) is 14.7 Å². The van der Waals surface area contributed by atoms with Crippen molar-refractivity contribution < 1.29 is 8.42 Å². The van der Waals surface area contributed by atoms with Gasteiger partial charge in [0, 0.05) is 13.0 Å². The number of sulfonamides is 1. The normalized spacial score (nSPS) is 14.2. The van der Waals surface area contributed by atoms with Crippen LogP contribution in [0.25, 0.3) is 11.0 Å². The van der Waals surface area contributed by atoms with Crippen LogP contribution in [0.4, 0.5) is 0 Å². The fourth-order valence-corrected chi connectivity index (χ4v) is 4.31. The van der Waals surface area contributed by atoms with E-state index in [1.165, 1.54) is 5.56 Å². The molecule has 24 heavy (non-hydrogen) atoms. The van der Waals surface area contributed by atoms with Gasteiger partial charge in [0.15, 0.2) is 0 Å². The molecule has 1 aliphatic rings. The van der Waals surface area contributed by atoms with Crippen LogP contribution in [-0.2, 0) is 29.3 Å². The molecule has 1 heterocycles. The van der Waals surface area contributed by atoms with Crippen molar-refractivity contribution in [3.05, 3.63) is 59.4 Å². The first-order valence-electron chi connectivity index (χ1n) is 8.17. The topological polar surface area (TPSA) is 74.8 Å². The fourth-order valence-electron chi connectivity index (χ4n) is 3.23. The number of nitrogens with one attached hydrogen (secondary N) is 2. The minimum absolute atomic E-state index is 0.319. The Hall–Kier alpha value is -2.18. The minimum atomic E-state index is -3.47. The number of hydrogen-bond acceptors (Lipinski definition) is 3. The highest BCUT2D eigenvalue weighted by atomic mass is 32.2. The average Bonchev–Trinajstić information content (AvgIpc) is 3.19. The van der Waals surface area contributed by atoms with Crippen molar-refractivity contribution in [2.45, 2.75) is 30.6 Å². The van der Waals surface area contributed by atoms with Crippen molar-refractivity contribution in [3.63, 3.8) is 0 Å². The van der Waals surface area contributed by atoms with Crippen molar-refractivity contribution >= 4 is 21.1 Å². The van der Waals surface area contributed by atoms with Crippen molar-refractivity contribution in [1.29, 1.82) is 0 Å². The Morgan fingerprint density at radius 3 is 2.79 bits per heavy atom. The molecule has 0 aliphatic heterocycles. The largest absolute Gasteiger partial charge is 0.342 e. The molecule has 4 rings (SSSR count). The molecule has 0 spiro atoms. The number of aromatic nitrogens is 2. The van der Waals surface area contributed by atoms with Crippen LogP contribution in [0.1, 0.15) is 23.4 Å². The summed E-state index contributed by atoms with van der Waals surface area (Å²) in [5.74, 6) is 0.785. The van der Waals surface area contributed by atoms with Gasteiger partial charge in [0.1, 0.15) is 5.82 Å². The van der Waals surface area contributed by atoms with E-state index in [1.54, 1.807) is 6.07 Å². The van der Waals surface area contributed by atoms with Crippen molar-refractivity contribution in [2.24, 2.45) is 0 Å². The van der Waals surface area contributed by atoms with E-state index in [0.717, 1.165) is 41.7 Å². The first kappa shape index (κ1) is 15.4. The van der Waals surface area contributed by atoms with Gasteiger partial charge in [0.05, 0.1) is 15.9 Å². The summed E-state index contributed by atoms with van der Waals surface area (Å²) >= 11 is 0.